The first-order valence-electron chi connectivity index (χ1n) is 11.1. The van der Waals surface area contributed by atoms with Gasteiger partial charge in [-0.2, -0.15) is 0 Å². The Bertz CT molecular complexity index is 1130. The number of hydrogen-bond donors (Lipinski definition) is 3. The molecule has 8 heteroatoms. The van der Waals surface area contributed by atoms with E-state index >= 15 is 0 Å². The quantitative estimate of drug-likeness (QED) is 0.441. The van der Waals surface area contributed by atoms with Gasteiger partial charge in [-0.05, 0) is 53.3 Å². The molecular weight excluding hydrogens is 448 g/mol. The average molecular weight is 479 g/mol. The Kier molecular flexibility index (Phi) is 7.83. The van der Waals surface area contributed by atoms with Crippen LogP contribution in [0.5, 0.6) is 0 Å². The van der Waals surface area contributed by atoms with Crippen LogP contribution < -0.4 is 16.0 Å². The topological polar surface area (TPSA) is 100 Å². The third-order valence-corrected chi connectivity index (χ3v) is 6.00. The minimum Gasteiger partial charge on any atom is -0.340 e. The molecule has 1 aromatic heterocycles. The van der Waals surface area contributed by atoms with E-state index in [4.69, 9.17) is 0 Å². The minimum absolute atomic E-state index is 0.00751. The summed E-state index contributed by atoms with van der Waals surface area (Å²) in [6.07, 6.45) is 1.61. The lowest BCUT2D eigenvalue weighted by molar-refractivity contribution is -0.118. The van der Waals surface area contributed by atoms with Crippen LogP contribution in [-0.4, -0.2) is 28.7 Å². The van der Waals surface area contributed by atoms with Gasteiger partial charge < -0.3 is 10.6 Å². The lowest BCUT2D eigenvalue weighted by Crippen LogP contribution is -2.47. The van der Waals surface area contributed by atoms with Crippen LogP contribution in [0.15, 0.2) is 60.1 Å². The van der Waals surface area contributed by atoms with Crippen molar-refractivity contribution in [2.24, 2.45) is 5.92 Å². The van der Waals surface area contributed by atoms with E-state index < -0.39 is 6.04 Å². The van der Waals surface area contributed by atoms with Crippen LogP contribution in [-0.2, 0) is 10.2 Å². The first-order valence-corrected chi connectivity index (χ1v) is 12.0. The zero-order chi connectivity index (χ0) is 24.9. The predicted octanol–water partition coefficient (Wildman–Crippen LogP) is 5.09. The molecule has 0 aliphatic carbocycles. The van der Waals surface area contributed by atoms with Gasteiger partial charge in [0.2, 0.25) is 5.91 Å². The molecule has 3 aromatic rings. The summed E-state index contributed by atoms with van der Waals surface area (Å²) in [7, 11) is 0. The van der Waals surface area contributed by atoms with Gasteiger partial charge in [-0.1, -0.05) is 46.8 Å². The van der Waals surface area contributed by atoms with Gasteiger partial charge in [0.05, 0.1) is 0 Å². The van der Waals surface area contributed by atoms with Crippen LogP contribution in [0.25, 0.3) is 0 Å². The number of nitrogens with zero attached hydrogens (tertiary/aromatic N) is 1. The van der Waals surface area contributed by atoms with Gasteiger partial charge in [-0.15, -0.1) is 11.3 Å². The number of hydrogen-bond acceptors (Lipinski definition) is 5. The van der Waals surface area contributed by atoms with E-state index in [1.165, 1.54) is 11.3 Å². The SMILES string of the molecule is CC(C)C(NC(=O)c1ccc(C(C)(C)C)cc1)C(=O)Nc1ccc(C(=O)Nc2nccs2)cc1. The van der Waals surface area contributed by atoms with Crippen molar-refractivity contribution < 1.29 is 14.4 Å². The molecule has 3 rings (SSSR count). The van der Waals surface area contributed by atoms with Crippen molar-refractivity contribution in [2.45, 2.75) is 46.1 Å². The van der Waals surface area contributed by atoms with E-state index in [1.807, 2.05) is 26.0 Å². The van der Waals surface area contributed by atoms with Crippen molar-refractivity contribution in [1.82, 2.24) is 10.3 Å². The lowest BCUT2D eigenvalue weighted by Gasteiger charge is -2.22. The van der Waals surface area contributed by atoms with Gasteiger partial charge in [0, 0.05) is 28.4 Å². The highest BCUT2D eigenvalue weighted by molar-refractivity contribution is 7.13. The number of anilines is 2. The standard InChI is InChI=1S/C26H30N4O3S/c1-16(2)21(29-22(31)17-6-10-19(11-7-17)26(3,4)5)24(33)28-20-12-8-18(9-13-20)23(32)30-25-27-14-15-34-25/h6-16,21H,1-5H3,(H,28,33)(H,29,31)(H,27,30,32). The fourth-order valence-corrected chi connectivity index (χ4v) is 3.78. The number of carbonyl (C=O) groups is 3. The van der Waals surface area contributed by atoms with Crippen LogP contribution in [0.1, 0.15) is 60.9 Å². The smallest absolute Gasteiger partial charge is 0.257 e. The first-order chi connectivity index (χ1) is 16.0. The van der Waals surface area contributed by atoms with Crippen molar-refractivity contribution in [3.05, 3.63) is 76.8 Å². The molecule has 0 spiro atoms. The van der Waals surface area contributed by atoms with Crippen molar-refractivity contribution in [1.29, 1.82) is 0 Å². The Balaban J connectivity index is 1.63. The summed E-state index contributed by atoms with van der Waals surface area (Å²) >= 11 is 1.33. The maximum atomic E-state index is 12.9. The second kappa shape index (κ2) is 10.6. The Morgan fingerprint density at radius 1 is 0.853 bits per heavy atom. The Morgan fingerprint density at radius 2 is 1.44 bits per heavy atom. The van der Waals surface area contributed by atoms with E-state index in [-0.39, 0.29) is 29.1 Å². The summed E-state index contributed by atoms with van der Waals surface area (Å²) in [5, 5.41) is 10.7. The molecule has 2 aromatic carbocycles. The molecule has 1 atom stereocenters. The molecule has 3 amide bonds. The fraction of sp³-hybridized carbons (Fsp3) is 0.308. The van der Waals surface area contributed by atoms with Crippen molar-refractivity contribution in [3.63, 3.8) is 0 Å². The highest BCUT2D eigenvalue weighted by atomic mass is 32.1. The molecule has 1 unspecified atom stereocenters. The van der Waals surface area contributed by atoms with E-state index in [1.54, 1.807) is 48.0 Å². The molecule has 178 valence electrons. The van der Waals surface area contributed by atoms with Crippen molar-refractivity contribution in [3.8, 4) is 0 Å². The molecule has 0 saturated carbocycles. The number of benzene rings is 2. The highest BCUT2D eigenvalue weighted by Crippen LogP contribution is 2.22. The Hall–Kier alpha value is -3.52. The number of aromatic nitrogens is 1. The van der Waals surface area contributed by atoms with Gasteiger partial charge in [-0.3, -0.25) is 19.7 Å². The third kappa shape index (κ3) is 6.51. The number of thiazole rings is 1. The Labute approximate surface area is 204 Å². The fourth-order valence-electron chi connectivity index (χ4n) is 3.26. The van der Waals surface area contributed by atoms with E-state index in [0.717, 1.165) is 5.56 Å². The molecule has 0 aliphatic rings. The third-order valence-electron chi connectivity index (χ3n) is 5.32. The predicted molar refractivity (Wildman–Crippen MR) is 136 cm³/mol. The lowest BCUT2D eigenvalue weighted by atomic mass is 9.86. The average Bonchev–Trinajstić information content (AvgIpc) is 3.30. The second-order valence-electron chi connectivity index (χ2n) is 9.38. The molecule has 0 aliphatic heterocycles. The normalized spacial score (nSPS) is 12.2. The van der Waals surface area contributed by atoms with Crippen molar-refractivity contribution >= 4 is 39.9 Å². The first kappa shape index (κ1) is 25.1. The maximum Gasteiger partial charge on any atom is 0.257 e. The summed E-state index contributed by atoms with van der Waals surface area (Å²) in [4.78, 5) is 42.0. The van der Waals surface area contributed by atoms with Crippen molar-refractivity contribution in [2.75, 3.05) is 10.6 Å². The number of nitrogens with one attached hydrogen (secondary N) is 3. The largest absolute Gasteiger partial charge is 0.340 e. The summed E-state index contributed by atoms with van der Waals surface area (Å²) in [6.45, 7) is 10.1. The monoisotopic (exact) mass is 478 g/mol. The van der Waals surface area contributed by atoms with Crippen LogP contribution in [0, 0.1) is 5.92 Å². The summed E-state index contributed by atoms with van der Waals surface area (Å²) in [6, 6.07) is 13.3. The van der Waals surface area contributed by atoms with Gasteiger partial charge in [-0.25, -0.2) is 4.98 Å². The molecule has 0 saturated heterocycles. The maximum absolute atomic E-state index is 12.9. The number of rotatable bonds is 7. The molecule has 0 fully saturated rings. The van der Waals surface area contributed by atoms with E-state index in [0.29, 0.717) is 21.9 Å². The summed E-state index contributed by atoms with van der Waals surface area (Å²) < 4.78 is 0. The highest BCUT2D eigenvalue weighted by Gasteiger charge is 2.25. The van der Waals surface area contributed by atoms with Crippen LogP contribution in [0.2, 0.25) is 0 Å². The second-order valence-corrected chi connectivity index (χ2v) is 10.3. The molecule has 34 heavy (non-hydrogen) atoms. The molecule has 0 bridgehead atoms. The van der Waals surface area contributed by atoms with Crippen LogP contribution in [0.4, 0.5) is 10.8 Å². The molecule has 1 heterocycles. The van der Waals surface area contributed by atoms with Gasteiger partial charge >= 0.3 is 0 Å². The van der Waals surface area contributed by atoms with Gasteiger partial charge in [0.1, 0.15) is 6.04 Å². The molecule has 7 nitrogen and oxygen atoms in total. The number of amides is 3. The number of carbonyl (C=O) groups excluding carboxylic acids is 3. The summed E-state index contributed by atoms with van der Waals surface area (Å²) in [5.74, 6) is -1.03. The minimum atomic E-state index is -0.720. The van der Waals surface area contributed by atoms with E-state index in [9.17, 15) is 14.4 Å². The Morgan fingerprint density at radius 3 is 1.97 bits per heavy atom. The van der Waals surface area contributed by atoms with Crippen LogP contribution >= 0.6 is 11.3 Å². The zero-order valence-electron chi connectivity index (χ0n) is 20.0. The molecular formula is C26H30N4O3S. The van der Waals surface area contributed by atoms with E-state index in [2.05, 4.69) is 41.7 Å². The summed E-state index contributed by atoms with van der Waals surface area (Å²) in [5.41, 5.74) is 2.60. The molecule has 3 N–H and O–H groups in total. The van der Waals surface area contributed by atoms with Gasteiger partial charge in [0.15, 0.2) is 5.13 Å². The van der Waals surface area contributed by atoms with Crippen LogP contribution in [0.3, 0.4) is 0 Å². The zero-order valence-corrected chi connectivity index (χ0v) is 20.8. The molecule has 0 radical (unpaired) electrons. The van der Waals surface area contributed by atoms with Gasteiger partial charge in [0.25, 0.3) is 11.8 Å².